The van der Waals surface area contributed by atoms with Crippen molar-refractivity contribution < 1.29 is 8.42 Å². The SMILES string of the molecule is Cc1ccc(C)c(S(=O)(=O)N2CCC(N3CCc4ccccc4C3)C2)c1. The summed E-state index contributed by atoms with van der Waals surface area (Å²) in [5.74, 6) is 0. The average Bonchev–Trinajstić information content (AvgIpc) is 3.14. The van der Waals surface area contributed by atoms with Crippen LogP contribution in [0.15, 0.2) is 47.4 Å². The van der Waals surface area contributed by atoms with E-state index in [4.69, 9.17) is 0 Å². The Hall–Kier alpha value is -1.69. The molecular formula is C21H26N2O2S. The maximum atomic E-state index is 13.1. The lowest BCUT2D eigenvalue weighted by Gasteiger charge is -2.33. The predicted octanol–water partition coefficient (Wildman–Crippen LogP) is 3.12. The summed E-state index contributed by atoms with van der Waals surface area (Å²) < 4.78 is 28.0. The molecule has 0 N–H and O–H groups in total. The van der Waals surface area contributed by atoms with Crippen LogP contribution < -0.4 is 0 Å². The third-order valence-electron chi connectivity index (χ3n) is 5.76. The molecule has 26 heavy (non-hydrogen) atoms. The van der Waals surface area contributed by atoms with Gasteiger partial charge in [0.25, 0.3) is 0 Å². The quantitative estimate of drug-likeness (QED) is 0.833. The second-order valence-electron chi connectivity index (χ2n) is 7.56. The molecule has 4 nitrogen and oxygen atoms in total. The van der Waals surface area contributed by atoms with Crippen LogP contribution in [-0.2, 0) is 23.0 Å². The highest BCUT2D eigenvalue weighted by molar-refractivity contribution is 7.89. The zero-order chi connectivity index (χ0) is 18.3. The summed E-state index contributed by atoms with van der Waals surface area (Å²) in [6, 6.07) is 14.6. The molecule has 5 heteroatoms. The van der Waals surface area contributed by atoms with Gasteiger partial charge in [-0.15, -0.1) is 0 Å². The van der Waals surface area contributed by atoms with Crippen molar-refractivity contribution in [3.05, 3.63) is 64.7 Å². The van der Waals surface area contributed by atoms with E-state index in [1.54, 1.807) is 10.4 Å². The molecule has 4 rings (SSSR count). The van der Waals surface area contributed by atoms with E-state index in [9.17, 15) is 8.42 Å². The van der Waals surface area contributed by atoms with Crippen LogP contribution in [0.3, 0.4) is 0 Å². The molecule has 1 unspecified atom stereocenters. The molecule has 2 aliphatic rings. The highest BCUT2D eigenvalue weighted by Crippen LogP contribution is 2.29. The number of aryl methyl sites for hydroxylation is 2. The monoisotopic (exact) mass is 370 g/mol. The topological polar surface area (TPSA) is 40.6 Å². The highest BCUT2D eigenvalue weighted by Gasteiger charge is 2.36. The Morgan fingerprint density at radius 3 is 2.58 bits per heavy atom. The van der Waals surface area contributed by atoms with Gasteiger partial charge in [-0.1, -0.05) is 36.4 Å². The molecule has 0 aliphatic carbocycles. The number of sulfonamides is 1. The minimum absolute atomic E-state index is 0.309. The number of benzene rings is 2. The van der Waals surface area contributed by atoms with Gasteiger partial charge in [-0.3, -0.25) is 4.90 Å². The second kappa shape index (κ2) is 6.80. The minimum Gasteiger partial charge on any atom is -0.294 e. The molecule has 1 atom stereocenters. The van der Waals surface area contributed by atoms with Gasteiger partial charge in [0, 0.05) is 32.2 Å². The molecule has 2 aromatic carbocycles. The van der Waals surface area contributed by atoms with Crippen molar-refractivity contribution in [3.8, 4) is 0 Å². The van der Waals surface area contributed by atoms with Gasteiger partial charge in [-0.2, -0.15) is 4.31 Å². The van der Waals surface area contributed by atoms with Gasteiger partial charge in [0.05, 0.1) is 4.90 Å². The minimum atomic E-state index is -3.42. The van der Waals surface area contributed by atoms with Crippen molar-refractivity contribution in [3.63, 3.8) is 0 Å². The zero-order valence-electron chi connectivity index (χ0n) is 15.5. The van der Waals surface area contributed by atoms with Crippen molar-refractivity contribution >= 4 is 10.0 Å². The molecule has 0 radical (unpaired) electrons. The first-order chi connectivity index (χ1) is 12.4. The van der Waals surface area contributed by atoms with Crippen LogP contribution >= 0.6 is 0 Å². The molecule has 0 saturated carbocycles. The van der Waals surface area contributed by atoms with E-state index in [2.05, 4.69) is 29.2 Å². The Morgan fingerprint density at radius 1 is 1.00 bits per heavy atom. The lowest BCUT2D eigenvalue weighted by atomic mass is 9.98. The van der Waals surface area contributed by atoms with E-state index in [0.29, 0.717) is 24.0 Å². The fourth-order valence-corrected chi connectivity index (χ4v) is 5.98. The fourth-order valence-electron chi connectivity index (χ4n) is 4.18. The van der Waals surface area contributed by atoms with Crippen LogP contribution in [0.25, 0.3) is 0 Å². The summed E-state index contributed by atoms with van der Waals surface area (Å²) in [5.41, 5.74) is 4.62. The van der Waals surface area contributed by atoms with E-state index in [1.165, 1.54) is 11.1 Å². The van der Waals surface area contributed by atoms with Crippen LogP contribution in [0.2, 0.25) is 0 Å². The normalized spacial score (nSPS) is 21.7. The molecule has 0 amide bonds. The number of fused-ring (bicyclic) bond motifs is 1. The van der Waals surface area contributed by atoms with Crippen LogP contribution in [0.5, 0.6) is 0 Å². The number of nitrogens with zero attached hydrogens (tertiary/aromatic N) is 2. The lowest BCUT2D eigenvalue weighted by molar-refractivity contribution is 0.185. The Labute approximate surface area is 156 Å². The van der Waals surface area contributed by atoms with E-state index in [0.717, 1.165) is 37.1 Å². The Morgan fingerprint density at radius 2 is 1.77 bits per heavy atom. The molecule has 1 fully saturated rings. The van der Waals surface area contributed by atoms with E-state index >= 15 is 0 Å². The summed E-state index contributed by atoms with van der Waals surface area (Å²) in [4.78, 5) is 2.92. The number of hydrogen-bond donors (Lipinski definition) is 0. The summed E-state index contributed by atoms with van der Waals surface area (Å²) in [7, 11) is -3.42. The first-order valence-corrected chi connectivity index (χ1v) is 10.8. The molecule has 138 valence electrons. The van der Waals surface area contributed by atoms with Crippen molar-refractivity contribution in [2.24, 2.45) is 0 Å². The molecular weight excluding hydrogens is 344 g/mol. The maximum Gasteiger partial charge on any atom is 0.243 e. The smallest absolute Gasteiger partial charge is 0.243 e. The van der Waals surface area contributed by atoms with Gasteiger partial charge in [0.15, 0.2) is 0 Å². The molecule has 2 heterocycles. The standard InChI is InChI=1S/C21H26N2O2S/c1-16-7-8-17(2)21(13-16)26(24,25)23-12-10-20(15-23)22-11-9-18-5-3-4-6-19(18)14-22/h3-8,13,20H,9-12,14-15H2,1-2H3. The van der Waals surface area contributed by atoms with Gasteiger partial charge < -0.3 is 0 Å². The van der Waals surface area contributed by atoms with Gasteiger partial charge in [-0.25, -0.2) is 8.42 Å². The van der Waals surface area contributed by atoms with E-state index in [1.807, 2.05) is 26.0 Å². The summed E-state index contributed by atoms with van der Waals surface area (Å²) in [5, 5.41) is 0. The van der Waals surface area contributed by atoms with Gasteiger partial charge >= 0.3 is 0 Å². The average molecular weight is 371 g/mol. The van der Waals surface area contributed by atoms with Crippen LogP contribution in [0.1, 0.15) is 28.7 Å². The van der Waals surface area contributed by atoms with Crippen molar-refractivity contribution in [2.75, 3.05) is 19.6 Å². The number of hydrogen-bond acceptors (Lipinski definition) is 3. The first-order valence-electron chi connectivity index (χ1n) is 9.33. The summed E-state index contributed by atoms with van der Waals surface area (Å²) in [6.45, 7) is 6.96. The molecule has 0 aromatic heterocycles. The van der Waals surface area contributed by atoms with E-state index < -0.39 is 10.0 Å². The maximum absolute atomic E-state index is 13.1. The third-order valence-corrected chi connectivity index (χ3v) is 7.77. The van der Waals surface area contributed by atoms with Gasteiger partial charge in [0.2, 0.25) is 10.0 Å². The summed E-state index contributed by atoms with van der Waals surface area (Å²) in [6.07, 6.45) is 1.96. The van der Waals surface area contributed by atoms with Crippen molar-refractivity contribution in [1.29, 1.82) is 0 Å². The lowest BCUT2D eigenvalue weighted by Crippen LogP contribution is -2.41. The number of rotatable bonds is 3. The van der Waals surface area contributed by atoms with Crippen molar-refractivity contribution in [2.45, 2.75) is 44.2 Å². The van der Waals surface area contributed by atoms with Crippen LogP contribution in [-0.4, -0.2) is 43.3 Å². The molecule has 1 saturated heterocycles. The highest BCUT2D eigenvalue weighted by atomic mass is 32.2. The fraction of sp³-hybridized carbons (Fsp3) is 0.429. The van der Waals surface area contributed by atoms with Gasteiger partial charge in [-0.05, 0) is 55.0 Å². The van der Waals surface area contributed by atoms with Gasteiger partial charge in [0.1, 0.15) is 0 Å². The van der Waals surface area contributed by atoms with Crippen LogP contribution in [0, 0.1) is 13.8 Å². The molecule has 2 aromatic rings. The summed E-state index contributed by atoms with van der Waals surface area (Å²) >= 11 is 0. The van der Waals surface area contributed by atoms with E-state index in [-0.39, 0.29) is 0 Å². The molecule has 0 spiro atoms. The molecule has 2 aliphatic heterocycles. The largest absolute Gasteiger partial charge is 0.294 e. The Bertz CT molecular complexity index is 923. The Balaban J connectivity index is 1.51. The molecule has 0 bridgehead atoms. The zero-order valence-corrected chi connectivity index (χ0v) is 16.3. The van der Waals surface area contributed by atoms with Crippen molar-refractivity contribution in [1.82, 2.24) is 9.21 Å². The predicted molar refractivity (Wildman–Crippen MR) is 104 cm³/mol. The first kappa shape index (κ1) is 17.7. The third kappa shape index (κ3) is 3.20. The Kier molecular flexibility index (Phi) is 4.63. The van der Waals surface area contributed by atoms with Crippen LogP contribution in [0.4, 0.5) is 0 Å². The second-order valence-corrected chi connectivity index (χ2v) is 9.47.